The molecule has 1 aliphatic rings. The third-order valence-electron chi connectivity index (χ3n) is 5.23. The lowest BCUT2D eigenvalue weighted by molar-refractivity contribution is -0.128. The molecule has 142 valence electrons. The molecule has 5 heteroatoms. The minimum Gasteiger partial charge on any atom is -0.348 e. The number of amides is 2. The predicted molar refractivity (Wildman–Crippen MR) is 107 cm³/mol. The van der Waals surface area contributed by atoms with Crippen molar-refractivity contribution in [3.8, 4) is 0 Å². The number of nitrogens with one attached hydrogen (secondary N) is 2. The third-order valence-corrected chi connectivity index (χ3v) is 5.23. The molecule has 5 nitrogen and oxygen atoms in total. The van der Waals surface area contributed by atoms with E-state index in [1.807, 2.05) is 49.4 Å². The number of carbonyl (C=O) groups excluding carboxylic acids is 2. The van der Waals surface area contributed by atoms with Gasteiger partial charge < -0.3 is 16.4 Å². The van der Waals surface area contributed by atoms with Crippen LogP contribution in [-0.4, -0.2) is 17.4 Å². The lowest BCUT2D eigenvalue weighted by atomic mass is 9.81. The van der Waals surface area contributed by atoms with E-state index in [0.29, 0.717) is 11.3 Å². The third kappa shape index (κ3) is 4.74. The summed E-state index contributed by atoms with van der Waals surface area (Å²) in [5.41, 5.74) is 7.79. The van der Waals surface area contributed by atoms with Crippen molar-refractivity contribution in [3.63, 3.8) is 0 Å². The number of hydrogen-bond acceptors (Lipinski definition) is 3. The Bertz CT molecular complexity index is 798. The van der Waals surface area contributed by atoms with Crippen LogP contribution in [0.3, 0.4) is 0 Å². The maximum Gasteiger partial charge on any atom is 0.255 e. The first kappa shape index (κ1) is 19.1. The number of carbonyl (C=O) groups is 2. The SMILES string of the molecule is CC(NC(=O)C1(N)CCCCC1)c1cccc(NC(=O)c2ccccc2)c1. The van der Waals surface area contributed by atoms with Crippen molar-refractivity contribution < 1.29 is 9.59 Å². The van der Waals surface area contributed by atoms with Gasteiger partial charge in [0.25, 0.3) is 5.91 Å². The highest BCUT2D eigenvalue weighted by Gasteiger charge is 2.35. The monoisotopic (exact) mass is 365 g/mol. The minimum atomic E-state index is -0.758. The van der Waals surface area contributed by atoms with Gasteiger partial charge in [-0.25, -0.2) is 0 Å². The van der Waals surface area contributed by atoms with E-state index in [-0.39, 0.29) is 17.9 Å². The molecule has 0 saturated heterocycles. The number of nitrogens with two attached hydrogens (primary N) is 1. The van der Waals surface area contributed by atoms with Crippen LogP contribution in [0.25, 0.3) is 0 Å². The zero-order valence-electron chi connectivity index (χ0n) is 15.7. The second kappa shape index (κ2) is 8.35. The topological polar surface area (TPSA) is 84.2 Å². The largest absolute Gasteiger partial charge is 0.348 e. The van der Waals surface area contributed by atoms with Crippen molar-refractivity contribution in [1.29, 1.82) is 0 Å². The van der Waals surface area contributed by atoms with E-state index in [2.05, 4.69) is 10.6 Å². The van der Waals surface area contributed by atoms with Crippen LogP contribution >= 0.6 is 0 Å². The molecule has 2 aromatic carbocycles. The van der Waals surface area contributed by atoms with Crippen LogP contribution in [0.4, 0.5) is 5.69 Å². The van der Waals surface area contributed by atoms with Gasteiger partial charge in [0, 0.05) is 11.3 Å². The molecule has 1 fully saturated rings. The van der Waals surface area contributed by atoms with E-state index in [0.717, 1.165) is 37.7 Å². The maximum absolute atomic E-state index is 12.6. The average molecular weight is 365 g/mol. The summed E-state index contributed by atoms with van der Waals surface area (Å²) in [6.45, 7) is 1.93. The smallest absolute Gasteiger partial charge is 0.255 e. The highest BCUT2D eigenvalue weighted by atomic mass is 16.2. The Labute approximate surface area is 160 Å². The van der Waals surface area contributed by atoms with Gasteiger partial charge in [0.1, 0.15) is 0 Å². The van der Waals surface area contributed by atoms with E-state index in [1.54, 1.807) is 12.1 Å². The fourth-order valence-electron chi connectivity index (χ4n) is 3.51. The van der Waals surface area contributed by atoms with Crippen molar-refractivity contribution in [2.45, 2.75) is 50.6 Å². The molecule has 0 bridgehead atoms. The molecule has 2 amide bonds. The van der Waals surface area contributed by atoms with Crippen molar-refractivity contribution in [1.82, 2.24) is 5.32 Å². The summed E-state index contributed by atoms with van der Waals surface area (Å²) in [6.07, 6.45) is 4.61. The lowest BCUT2D eigenvalue weighted by Gasteiger charge is -2.33. The molecular formula is C22H27N3O2. The first-order chi connectivity index (χ1) is 13.0. The van der Waals surface area contributed by atoms with Gasteiger partial charge in [-0.05, 0) is 49.6 Å². The summed E-state index contributed by atoms with van der Waals surface area (Å²) in [5.74, 6) is -0.249. The quantitative estimate of drug-likeness (QED) is 0.754. The zero-order valence-corrected chi connectivity index (χ0v) is 15.7. The summed E-state index contributed by atoms with van der Waals surface area (Å²) in [6, 6.07) is 16.4. The molecule has 27 heavy (non-hydrogen) atoms. The van der Waals surface area contributed by atoms with Crippen molar-refractivity contribution in [3.05, 3.63) is 65.7 Å². The first-order valence-electron chi connectivity index (χ1n) is 9.54. The molecule has 4 N–H and O–H groups in total. The van der Waals surface area contributed by atoms with Crippen LogP contribution in [0.5, 0.6) is 0 Å². The van der Waals surface area contributed by atoms with E-state index >= 15 is 0 Å². The van der Waals surface area contributed by atoms with Gasteiger partial charge >= 0.3 is 0 Å². The predicted octanol–water partition coefficient (Wildman–Crippen LogP) is 3.78. The molecule has 0 radical (unpaired) electrons. The molecule has 1 saturated carbocycles. The Hall–Kier alpha value is -2.66. The minimum absolute atomic E-state index is 0.0894. The average Bonchev–Trinajstić information content (AvgIpc) is 2.69. The van der Waals surface area contributed by atoms with Crippen LogP contribution in [0.15, 0.2) is 54.6 Å². The molecule has 2 aromatic rings. The van der Waals surface area contributed by atoms with Gasteiger partial charge in [-0.15, -0.1) is 0 Å². The highest BCUT2D eigenvalue weighted by molar-refractivity contribution is 6.04. The normalized spacial score (nSPS) is 17.0. The van der Waals surface area contributed by atoms with Crippen molar-refractivity contribution in [2.75, 3.05) is 5.32 Å². The summed E-state index contributed by atoms with van der Waals surface area (Å²) in [4.78, 5) is 25.0. The zero-order chi connectivity index (χ0) is 19.3. The molecule has 1 unspecified atom stereocenters. The first-order valence-corrected chi connectivity index (χ1v) is 9.54. The lowest BCUT2D eigenvalue weighted by Crippen LogP contribution is -2.55. The summed E-state index contributed by atoms with van der Waals surface area (Å²) in [5, 5.41) is 5.94. The molecular weight excluding hydrogens is 338 g/mol. The second-order valence-corrected chi connectivity index (χ2v) is 7.36. The summed E-state index contributed by atoms with van der Waals surface area (Å²) >= 11 is 0. The van der Waals surface area contributed by atoms with Crippen molar-refractivity contribution >= 4 is 17.5 Å². The van der Waals surface area contributed by atoms with Gasteiger partial charge in [-0.1, -0.05) is 49.6 Å². The van der Waals surface area contributed by atoms with Gasteiger partial charge in [-0.2, -0.15) is 0 Å². The van der Waals surface area contributed by atoms with Crippen LogP contribution < -0.4 is 16.4 Å². The Morgan fingerprint density at radius 1 is 1.00 bits per heavy atom. The Morgan fingerprint density at radius 3 is 2.41 bits per heavy atom. The van der Waals surface area contributed by atoms with Crippen LogP contribution in [0.1, 0.15) is 61.0 Å². The summed E-state index contributed by atoms with van der Waals surface area (Å²) in [7, 11) is 0. The van der Waals surface area contributed by atoms with E-state index in [4.69, 9.17) is 5.73 Å². The second-order valence-electron chi connectivity index (χ2n) is 7.36. The van der Waals surface area contributed by atoms with Gasteiger partial charge in [0.2, 0.25) is 5.91 Å². The molecule has 1 atom stereocenters. The van der Waals surface area contributed by atoms with Crippen molar-refractivity contribution in [2.24, 2.45) is 5.73 Å². The Kier molecular flexibility index (Phi) is 5.91. The number of rotatable bonds is 5. The highest BCUT2D eigenvalue weighted by Crippen LogP contribution is 2.27. The standard InChI is InChI=1S/C22H27N3O2/c1-16(24-21(27)22(23)13-6-3-7-14-22)18-11-8-12-19(15-18)25-20(26)17-9-4-2-5-10-17/h2,4-5,8-12,15-16H,3,6-7,13-14,23H2,1H3,(H,24,27)(H,25,26). The Morgan fingerprint density at radius 2 is 1.70 bits per heavy atom. The van der Waals surface area contributed by atoms with E-state index < -0.39 is 5.54 Å². The van der Waals surface area contributed by atoms with Gasteiger partial charge in [0.05, 0.1) is 11.6 Å². The molecule has 3 rings (SSSR count). The maximum atomic E-state index is 12.6. The Balaban J connectivity index is 1.65. The number of anilines is 1. The van der Waals surface area contributed by atoms with E-state index in [9.17, 15) is 9.59 Å². The molecule has 0 aromatic heterocycles. The molecule has 0 spiro atoms. The number of benzene rings is 2. The van der Waals surface area contributed by atoms with Gasteiger partial charge in [0.15, 0.2) is 0 Å². The molecule has 1 aliphatic carbocycles. The number of hydrogen-bond donors (Lipinski definition) is 3. The fourth-order valence-corrected chi connectivity index (χ4v) is 3.51. The van der Waals surface area contributed by atoms with E-state index in [1.165, 1.54) is 0 Å². The van der Waals surface area contributed by atoms with Crippen LogP contribution in [0.2, 0.25) is 0 Å². The molecule has 0 heterocycles. The van der Waals surface area contributed by atoms with Gasteiger partial charge in [-0.3, -0.25) is 9.59 Å². The van der Waals surface area contributed by atoms with Crippen LogP contribution in [-0.2, 0) is 4.79 Å². The van der Waals surface area contributed by atoms with Crippen LogP contribution in [0, 0.1) is 0 Å². The molecule has 0 aliphatic heterocycles. The summed E-state index contributed by atoms with van der Waals surface area (Å²) < 4.78 is 0. The fraction of sp³-hybridized carbons (Fsp3) is 0.364.